The van der Waals surface area contributed by atoms with E-state index in [1.165, 1.54) is 12.1 Å². The Morgan fingerprint density at radius 1 is 1.19 bits per heavy atom. The second-order valence-corrected chi connectivity index (χ2v) is 8.86. The van der Waals surface area contributed by atoms with Crippen LogP contribution >= 0.6 is 55.1 Å². The molecule has 1 rings (SSSR count). The Hall–Kier alpha value is 0.670. The van der Waals surface area contributed by atoms with Crippen LogP contribution < -0.4 is 4.72 Å². The maximum absolute atomic E-state index is 12.5. The Labute approximate surface area is 153 Å². The second kappa shape index (κ2) is 7.97. The van der Waals surface area contributed by atoms with Crippen LogP contribution in [0.1, 0.15) is 26.7 Å². The van der Waals surface area contributed by atoms with E-state index in [9.17, 15) is 8.42 Å². The molecule has 1 aromatic carbocycles. The van der Waals surface area contributed by atoms with Crippen LogP contribution in [0.25, 0.3) is 0 Å². The molecule has 0 saturated heterocycles. The van der Waals surface area contributed by atoms with Gasteiger partial charge in [0.1, 0.15) is 4.90 Å². The van der Waals surface area contributed by atoms with E-state index in [0.717, 1.165) is 18.2 Å². The molecule has 0 radical (unpaired) electrons. The Morgan fingerprint density at radius 3 is 2.05 bits per heavy atom. The lowest BCUT2D eigenvalue weighted by molar-refractivity contribution is 0.309. The molecule has 8 heteroatoms. The van der Waals surface area contributed by atoms with E-state index in [1.807, 2.05) is 13.8 Å². The zero-order chi connectivity index (χ0) is 16.3. The third kappa shape index (κ3) is 4.82. The van der Waals surface area contributed by atoms with Crippen LogP contribution in [0.4, 0.5) is 0 Å². The maximum atomic E-state index is 12.5. The van der Waals surface area contributed by atoms with Crippen molar-refractivity contribution < 1.29 is 8.42 Å². The summed E-state index contributed by atoms with van der Waals surface area (Å²) in [5, 5.41) is 0.913. The SMILES string of the molecule is CCC(CC)(CBr)CNS(=O)(=O)c1c(Cl)cc(Br)cc1Cl. The summed E-state index contributed by atoms with van der Waals surface area (Å²) in [6.45, 7) is 4.41. The third-order valence-electron chi connectivity index (χ3n) is 3.65. The molecule has 0 amide bonds. The van der Waals surface area contributed by atoms with Gasteiger partial charge >= 0.3 is 0 Å². The highest BCUT2D eigenvalue weighted by molar-refractivity contribution is 9.10. The van der Waals surface area contributed by atoms with Gasteiger partial charge in [-0.1, -0.05) is 68.9 Å². The van der Waals surface area contributed by atoms with E-state index in [2.05, 4.69) is 36.6 Å². The zero-order valence-electron chi connectivity index (χ0n) is 11.7. The number of benzene rings is 1. The van der Waals surface area contributed by atoms with Crippen molar-refractivity contribution in [1.82, 2.24) is 4.72 Å². The molecular formula is C13H17Br2Cl2NO2S. The smallest absolute Gasteiger partial charge is 0.210 e. The standard InChI is InChI=1S/C13H17Br2Cl2NO2S/c1-3-13(4-2,7-14)8-18-21(19,20)12-10(16)5-9(15)6-11(12)17/h5-6,18H,3-4,7-8H2,1-2H3. The predicted molar refractivity (Wildman–Crippen MR) is 96.2 cm³/mol. The first kappa shape index (κ1) is 19.7. The van der Waals surface area contributed by atoms with Gasteiger partial charge in [0, 0.05) is 16.3 Å². The molecule has 0 saturated carbocycles. The monoisotopic (exact) mass is 479 g/mol. The van der Waals surface area contributed by atoms with Gasteiger partial charge in [-0.2, -0.15) is 0 Å². The van der Waals surface area contributed by atoms with Crippen molar-refractivity contribution in [2.45, 2.75) is 31.6 Å². The molecule has 1 N–H and O–H groups in total. The summed E-state index contributed by atoms with van der Waals surface area (Å²) in [7, 11) is -3.76. The Kier molecular flexibility index (Phi) is 7.49. The number of hydrogen-bond acceptors (Lipinski definition) is 2. The number of halogens is 4. The van der Waals surface area contributed by atoms with Crippen LogP contribution in [0, 0.1) is 5.41 Å². The normalized spacial score (nSPS) is 12.7. The molecule has 0 atom stereocenters. The second-order valence-electron chi connectivity index (χ2n) is 4.86. The quantitative estimate of drug-likeness (QED) is 0.541. The summed E-state index contributed by atoms with van der Waals surface area (Å²) >= 11 is 18.7. The van der Waals surface area contributed by atoms with E-state index < -0.39 is 10.0 Å². The van der Waals surface area contributed by atoms with E-state index in [4.69, 9.17) is 23.2 Å². The predicted octanol–water partition coefficient (Wildman–Crippen LogP) is 5.24. The molecule has 0 aromatic heterocycles. The third-order valence-corrected chi connectivity index (χ3v) is 7.62. The van der Waals surface area contributed by atoms with Gasteiger partial charge in [0.05, 0.1) is 10.0 Å². The van der Waals surface area contributed by atoms with E-state index in [0.29, 0.717) is 11.0 Å². The van der Waals surface area contributed by atoms with Gasteiger partial charge < -0.3 is 0 Å². The maximum Gasteiger partial charge on any atom is 0.243 e. The molecule has 0 aliphatic rings. The lowest BCUT2D eigenvalue weighted by Gasteiger charge is -2.29. The summed E-state index contributed by atoms with van der Waals surface area (Å²) < 4.78 is 28.2. The molecule has 0 spiro atoms. The first-order chi connectivity index (χ1) is 9.71. The van der Waals surface area contributed by atoms with Gasteiger partial charge in [-0.05, 0) is 30.4 Å². The first-order valence-corrected chi connectivity index (χ1v) is 10.6. The van der Waals surface area contributed by atoms with Crippen LogP contribution in [0.5, 0.6) is 0 Å². The van der Waals surface area contributed by atoms with E-state index in [1.54, 1.807) is 0 Å². The molecular weight excluding hydrogens is 465 g/mol. The minimum atomic E-state index is -3.76. The molecule has 3 nitrogen and oxygen atoms in total. The Morgan fingerprint density at radius 2 is 1.67 bits per heavy atom. The number of sulfonamides is 1. The lowest BCUT2D eigenvalue weighted by atomic mass is 9.85. The van der Waals surface area contributed by atoms with Gasteiger partial charge in [0.25, 0.3) is 0 Å². The first-order valence-electron chi connectivity index (χ1n) is 6.41. The van der Waals surface area contributed by atoms with Gasteiger partial charge in [0.2, 0.25) is 10.0 Å². The van der Waals surface area contributed by atoms with E-state index in [-0.39, 0.29) is 20.4 Å². The van der Waals surface area contributed by atoms with Crippen LogP contribution in [0.3, 0.4) is 0 Å². The highest BCUT2D eigenvalue weighted by Gasteiger charge is 2.29. The molecule has 0 fully saturated rings. The number of nitrogens with one attached hydrogen (secondary N) is 1. The molecule has 0 bridgehead atoms. The van der Waals surface area contributed by atoms with Gasteiger partial charge in [-0.3, -0.25) is 0 Å². The fourth-order valence-electron chi connectivity index (χ4n) is 1.84. The molecule has 0 aliphatic heterocycles. The fourth-order valence-corrected chi connectivity index (χ4v) is 5.92. The number of hydrogen-bond donors (Lipinski definition) is 1. The van der Waals surface area contributed by atoms with Gasteiger partial charge in [0.15, 0.2) is 0 Å². The van der Waals surface area contributed by atoms with E-state index >= 15 is 0 Å². The molecule has 1 aromatic rings. The molecule has 0 unspecified atom stereocenters. The van der Waals surface area contributed by atoms with Crippen LogP contribution in [0.15, 0.2) is 21.5 Å². The van der Waals surface area contributed by atoms with Crippen molar-refractivity contribution >= 4 is 65.1 Å². The minimum Gasteiger partial charge on any atom is -0.210 e. The summed E-state index contributed by atoms with van der Waals surface area (Å²) in [6, 6.07) is 3.03. The van der Waals surface area contributed by atoms with Crippen LogP contribution in [0.2, 0.25) is 10.0 Å². The van der Waals surface area contributed by atoms with Crippen molar-refractivity contribution in [1.29, 1.82) is 0 Å². The number of alkyl halides is 1. The van der Waals surface area contributed by atoms with Crippen molar-refractivity contribution in [2.75, 3.05) is 11.9 Å². The lowest BCUT2D eigenvalue weighted by Crippen LogP contribution is -2.38. The summed E-state index contributed by atoms with van der Waals surface area (Å²) in [5.74, 6) is 0. The largest absolute Gasteiger partial charge is 0.243 e. The van der Waals surface area contributed by atoms with Gasteiger partial charge in [-0.25, -0.2) is 13.1 Å². The molecule has 0 heterocycles. The Bertz CT molecular complexity index is 573. The minimum absolute atomic E-state index is 0.0790. The fraction of sp³-hybridized carbons (Fsp3) is 0.538. The average Bonchev–Trinajstić information content (AvgIpc) is 2.39. The van der Waals surface area contributed by atoms with Crippen LogP contribution in [-0.4, -0.2) is 20.3 Å². The topological polar surface area (TPSA) is 46.2 Å². The number of rotatable bonds is 7. The van der Waals surface area contributed by atoms with Crippen molar-refractivity contribution in [3.8, 4) is 0 Å². The van der Waals surface area contributed by atoms with Crippen LogP contribution in [-0.2, 0) is 10.0 Å². The average molecular weight is 482 g/mol. The van der Waals surface area contributed by atoms with Gasteiger partial charge in [-0.15, -0.1) is 0 Å². The van der Waals surface area contributed by atoms with Crippen molar-refractivity contribution in [3.63, 3.8) is 0 Å². The zero-order valence-corrected chi connectivity index (χ0v) is 17.2. The molecule has 120 valence electrons. The highest BCUT2D eigenvalue weighted by Crippen LogP contribution is 2.34. The highest BCUT2D eigenvalue weighted by atomic mass is 79.9. The summed E-state index contributed by atoms with van der Waals surface area (Å²) in [5.41, 5.74) is -0.124. The van der Waals surface area contributed by atoms with Crippen molar-refractivity contribution in [3.05, 3.63) is 26.7 Å². The Balaban J connectivity index is 3.09. The summed E-state index contributed by atoms with van der Waals surface area (Å²) in [6.07, 6.45) is 1.72. The molecule has 21 heavy (non-hydrogen) atoms. The molecule has 0 aliphatic carbocycles. The van der Waals surface area contributed by atoms with Crippen molar-refractivity contribution in [2.24, 2.45) is 5.41 Å². The summed E-state index contributed by atoms with van der Waals surface area (Å²) in [4.78, 5) is -0.0790.